The van der Waals surface area contributed by atoms with E-state index < -0.39 is 29.1 Å². The number of alkyl halides is 3. The Bertz CT molecular complexity index is 527. The molecule has 0 saturated carbocycles. The highest BCUT2D eigenvalue weighted by atomic mass is 127. The van der Waals surface area contributed by atoms with Gasteiger partial charge in [0.25, 0.3) is 0 Å². The largest absolute Gasteiger partial charge is 0.573 e. The molecule has 0 unspecified atom stereocenters. The van der Waals surface area contributed by atoms with Crippen molar-refractivity contribution < 1.29 is 22.8 Å². The van der Waals surface area contributed by atoms with Crippen LogP contribution in [0, 0.1) is 25.1 Å². The summed E-state index contributed by atoms with van der Waals surface area (Å²) in [4.78, 5) is 13.3. The van der Waals surface area contributed by atoms with Crippen molar-refractivity contribution in [2.24, 2.45) is 0 Å². The van der Waals surface area contributed by atoms with E-state index in [-0.39, 0.29) is 9.26 Å². The monoisotopic (exact) mass is 373 g/mol. The maximum atomic E-state index is 12.1. The van der Waals surface area contributed by atoms with Crippen LogP contribution in [0.25, 0.3) is 0 Å². The van der Waals surface area contributed by atoms with Gasteiger partial charge in [0, 0.05) is 6.20 Å². The van der Waals surface area contributed by atoms with Crippen LogP contribution in [0.4, 0.5) is 18.9 Å². The molecule has 6 nitrogen and oxygen atoms in total. The van der Waals surface area contributed by atoms with Crippen LogP contribution < -0.4 is 4.74 Å². The zero-order valence-electron chi connectivity index (χ0n) is 8.36. The zero-order valence-corrected chi connectivity index (χ0v) is 10.5. The second-order valence-corrected chi connectivity index (χ2v) is 3.91. The molecule has 1 heterocycles. The first kappa shape index (κ1) is 14.4. The van der Waals surface area contributed by atoms with E-state index in [0.717, 1.165) is 6.20 Å². The second-order valence-electron chi connectivity index (χ2n) is 2.89. The molecule has 0 amide bonds. The molecule has 96 valence electrons. The number of nitro groups is 1. The summed E-state index contributed by atoms with van der Waals surface area (Å²) in [6.45, 7) is 0. The van der Waals surface area contributed by atoms with Gasteiger partial charge in [0.1, 0.15) is 0 Å². The van der Waals surface area contributed by atoms with Gasteiger partial charge >= 0.3 is 12.0 Å². The molecule has 0 aromatic carbocycles. The number of hydrogen-bond donors (Lipinski definition) is 0. The predicted molar refractivity (Wildman–Crippen MR) is 59.6 cm³/mol. The third-order valence-electron chi connectivity index (χ3n) is 1.71. The van der Waals surface area contributed by atoms with Crippen molar-refractivity contribution in [1.29, 1.82) is 5.26 Å². The fourth-order valence-corrected chi connectivity index (χ4v) is 1.62. The third kappa shape index (κ3) is 3.42. The van der Waals surface area contributed by atoms with Crippen LogP contribution in [-0.2, 0) is 6.42 Å². The van der Waals surface area contributed by atoms with Crippen LogP contribution in [0.3, 0.4) is 0 Å². The van der Waals surface area contributed by atoms with E-state index in [1.165, 1.54) is 22.6 Å². The highest BCUT2D eigenvalue weighted by molar-refractivity contribution is 14.1. The number of rotatable bonds is 3. The maximum absolute atomic E-state index is 12.1. The molecule has 0 bridgehead atoms. The number of ether oxygens (including phenoxy) is 1. The summed E-state index contributed by atoms with van der Waals surface area (Å²) in [6.07, 6.45) is -4.53. The van der Waals surface area contributed by atoms with E-state index in [1.807, 2.05) is 0 Å². The number of halogens is 4. The van der Waals surface area contributed by atoms with Gasteiger partial charge in [0.2, 0.25) is 5.75 Å². The van der Waals surface area contributed by atoms with Crippen LogP contribution in [0.15, 0.2) is 6.20 Å². The summed E-state index contributed by atoms with van der Waals surface area (Å²) >= 11 is 1.38. The molecule has 0 aliphatic carbocycles. The summed E-state index contributed by atoms with van der Waals surface area (Å²) in [7, 11) is 0. The Morgan fingerprint density at radius 2 is 2.22 bits per heavy atom. The van der Waals surface area contributed by atoms with Gasteiger partial charge in [-0.3, -0.25) is 10.1 Å². The smallest absolute Gasteiger partial charge is 0.396 e. The molecule has 1 rings (SSSR count). The van der Waals surface area contributed by atoms with Gasteiger partial charge in [-0.05, 0) is 22.6 Å². The van der Waals surface area contributed by atoms with E-state index in [2.05, 4.69) is 9.72 Å². The van der Waals surface area contributed by atoms with Gasteiger partial charge in [-0.2, -0.15) is 5.26 Å². The minimum absolute atomic E-state index is 0.234. The summed E-state index contributed by atoms with van der Waals surface area (Å²) in [5.74, 6) is -0.999. The minimum atomic E-state index is -5.07. The van der Waals surface area contributed by atoms with Gasteiger partial charge in [0.05, 0.1) is 23.0 Å². The first-order chi connectivity index (χ1) is 8.26. The molecule has 0 spiro atoms. The van der Waals surface area contributed by atoms with Crippen molar-refractivity contribution in [3.05, 3.63) is 25.6 Å². The fourth-order valence-electron chi connectivity index (χ4n) is 1.12. The normalized spacial score (nSPS) is 10.8. The highest BCUT2D eigenvalue weighted by Crippen LogP contribution is 2.37. The Morgan fingerprint density at radius 1 is 1.61 bits per heavy atom. The van der Waals surface area contributed by atoms with Crippen LogP contribution in [-0.4, -0.2) is 16.3 Å². The minimum Gasteiger partial charge on any atom is -0.396 e. The lowest BCUT2D eigenvalue weighted by atomic mass is 10.2. The average Bonchev–Trinajstić information content (AvgIpc) is 2.21. The molecule has 1 aromatic heterocycles. The zero-order chi connectivity index (χ0) is 13.9. The first-order valence-corrected chi connectivity index (χ1v) is 5.28. The Labute approximate surface area is 112 Å². The number of nitriles is 1. The van der Waals surface area contributed by atoms with Gasteiger partial charge in [-0.15, -0.1) is 13.2 Å². The van der Waals surface area contributed by atoms with Crippen molar-refractivity contribution in [2.45, 2.75) is 12.8 Å². The predicted octanol–water partition coefficient (Wildman–Crippen LogP) is 2.56. The molecule has 0 saturated heterocycles. The first-order valence-electron chi connectivity index (χ1n) is 4.20. The van der Waals surface area contributed by atoms with Crippen molar-refractivity contribution >= 4 is 28.3 Å². The lowest BCUT2D eigenvalue weighted by molar-refractivity contribution is -0.389. The van der Waals surface area contributed by atoms with E-state index in [0.29, 0.717) is 0 Å². The van der Waals surface area contributed by atoms with E-state index in [1.54, 1.807) is 6.07 Å². The molecule has 1 aromatic rings. The van der Waals surface area contributed by atoms with Gasteiger partial charge in [-0.1, -0.05) is 0 Å². The Kier molecular flexibility index (Phi) is 4.28. The maximum Gasteiger partial charge on any atom is 0.573 e. The SMILES string of the molecule is N#CCc1cnc(I)c(OC(F)(F)F)c1[N+](=O)[O-]. The van der Waals surface area contributed by atoms with Crippen LogP contribution in [0.5, 0.6) is 5.75 Å². The van der Waals surface area contributed by atoms with Crippen LogP contribution >= 0.6 is 22.6 Å². The number of pyridine rings is 1. The molecule has 0 N–H and O–H groups in total. The van der Waals surface area contributed by atoms with Crippen LogP contribution in [0.1, 0.15) is 5.56 Å². The topological polar surface area (TPSA) is 89.0 Å². The number of hydrogen-bond acceptors (Lipinski definition) is 5. The van der Waals surface area contributed by atoms with E-state index in [4.69, 9.17) is 5.26 Å². The Morgan fingerprint density at radius 3 is 2.67 bits per heavy atom. The molecule has 0 atom stereocenters. The molecule has 0 radical (unpaired) electrons. The molecule has 0 fully saturated rings. The van der Waals surface area contributed by atoms with Crippen molar-refractivity contribution in [3.8, 4) is 11.8 Å². The van der Waals surface area contributed by atoms with Gasteiger partial charge in [0.15, 0.2) is 3.70 Å². The summed E-state index contributed by atoms with van der Waals surface area (Å²) < 4.78 is 39.7. The standard InChI is InChI=1S/C8H3F3IN3O3/c9-8(10,11)18-6-5(15(16)17)4(1-2-13)3-14-7(6)12/h3H,1H2. The summed E-state index contributed by atoms with van der Waals surface area (Å²) in [5.41, 5.74) is -1.13. The van der Waals surface area contributed by atoms with Crippen molar-refractivity contribution in [3.63, 3.8) is 0 Å². The highest BCUT2D eigenvalue weighted by Gasteiger charge is 2.37. The molecule has 18 heavy (non-hydrogen) atoms. The Hall–Kier alpha value is -1.64. The van der Waals surface area contributed by atoms with Crippen molar-refractivity contribution in [1.82, 2.24) is 4.98 Å². The quantitative estimate of drug-likeness (QED) is 0.352. The van der Waals surface area contributed by atoms with Crippen molar-refractivity contribution in [2.75, 3.05) is 0 Å². The van der Waals surface area contributed by atoms with Crippen LogP contribution in [0.2, 0.25) is 0 Å². The average molecular weight is 373 g/mol. The van der Waals surface area contributed by atoms with E-state index in [9.17, 15) is 23.3 Å². The summed E-state index contributed by atoms with van der Waals surface area (Å²) in [5, 5.41) is 19.2. The van der Waals surface area contributed by atoms with Gasteiger partial charge < -0.3 is 4.74 Å². The Balaban J connectivity index is 3.42. The van der Waals surface area contributed by atoms with E-state index >= 15 is 0 Å². The molecule has 0 aliphatic rings. The summed E-state index contributed by atoms with van der Waals surface area (Å²) in [6, 6.07) is 1.61. The number of aromatic nitrogens is 1. The molecular formula is C8H3F3IN3O3. The lowest BCUT2D eigenvalue weighted by Gasteiger charge is -2.11. The molecular weight excluding hydrogens is 370 g/mol. The number of nitrogens with zero attached hydrogens (tertiary/aromatic N) is 3. The fraction of sp³-hybridized carbons (Fsp3) is 0.250. The lowest BCUT2D eigenvalue weighted by Crippen LogP contribution is -2.19. The third-order valence-corrected chi connectivity index (χ3v) is 2.48. The molecule has 0 aliphatic heterocycles. The molecule has 10 heteroatoms. The van der Waals surface area contributed by atoms with Gasteiger partial charge in [-0.25, -0.2) is 4.98 Å². The second kappa shape index (κ2) is 5.34.